The highest BCUT2D eigenvalue weighted by molar-refractivity contribution is 5.33. The topological polar surface area (TPSA) is 53.0 Å². The van der Waals surface area contributed by atoms with Crippen molar-refractivity contribution in [1.29, 1.82) is 5.26 Å². The number of likely N-dealkylation sites (tertiary alicyclic amines) is 1. The zero-order valence-corrected chi connectivity index (χ0v) is 12.5. The maximum absolute atomic E-state index is 8.92. The number of hydrogen-bond acceptors (Lipinski definition) is 3. The molecule has 1 aliphatic heterocycles. The van der Waals surface area contributed by atoms with Crippen LogP contribution in [0.5, 0.6) is 0 Å². The zero-order valence-electron chi connectivity index (χ0n) is 12.5. The van der Waals surface area contributed by atoms with Gasteiger partial charge in [-0.1, -0.05) is 32.4 Å². The third-order valence-corrected chi connectivity index (χ3v) is 4.01. The van der Waals surface area contributed by atoms with Crippen molar-refractivity contribution in [3.05, 3.63) is 35.4 Å². The van der Waals surface area contributed by atoms with E-state index in [1.54, 1.807) is 0 Å². The molecule has 1 aromatic carbocycles. The Kier molecular flexibility index (Phi) is 5.17. The van der Waals surface area contributed by atoms with Crippen LogP contribution in [-0.4, -0.2) is 24.0 Å². The van der Waals surface area contributed by atoms with Gasteiger partial charge in [0.1, 0.15) is 0 Å². The zero-order chi connectivity index (χ0) is 14.5. The molecule has 108 valence electrons. The van der Waals surface area contributed by atoms with Gasteiger partial charge in [-0.15, -0.1) is 0 Å². The van der Waals surface area contributed by atoms with Crippen molar-refractivity contribution in [3.8, 4) is 6.07 Å². The fourth-order valence-corrected chi connectivity index (χ4v) is 3.15. The standard InChI is InChI=1S/C17H25N3/c1-13(2)12-20-10-4-3-5-16(19)17(20)15-8-6-14(11-18)7-9-15/h6-9,13,16-17H,3-5,10,12,19H2,1-2H3. The van der Waals surface area contributed by atoms with Crippen molar-refractivity contribution in [2.75, 3.05) is 13.1 Å². The fraction of sp³-hybridized carbons (Fsp3) is 0.588. The second-order valence-electron chi connectivity index (χ2n) is 6.23. The maximum atomic E-state index is 8.92. The van der Waals surface area contributed by atoms with Crippen LogP contribution in [0.3, 0.4) is 0 Å². The molecule has 1 saturated heterocycles. The van der Waals surface area contributed by atoms with E-state index in [9.17, 15) is 0 Å². The Hall–Kier alpha value is -1.37. The highest BCUT2D eigenvalue weighted by atomic mass is 15.2. The third kappa shape index (κ3) is 3.59. The Labute approximate surface area is 122 Å². The molecular weight excluding hydrogens is 246 g/mol. The molecule has 0 radical (unpaired) electrons. The highest BCUT2D eigenvalue weighted by Crippen LogP contribution is 2.30. The van der Waals surface area contributed by atoms with Crippen molar-refractivity contribution in [1.82, 2.24) is 4.90 Å². The molecule has 0 aliphatic carbocycles. The van der Waals surface area contributed by atoms with E-state index in [0.29, 0.717) is 11.5 Å². The monoisotopic (exact) mass is 271 g/mol. The van der Waals surface area contributed by atoms with Gasteiger partial charge in [0.05, 0.1) is 11.6 Å². The van der Waals surface area contributed by atoms with Gasteiger partial charge < -0.3 is 5.73 Å². The number of nitrogens with zero attached hydrogens (tertiary/aromatic N) is 2. The molecule has 2 rings (SSSR count). The van der Waals surface area contributed by atoms with Crippen LogP contribution in [-0.2, 0) is 0 Å². The fourth-order valence-electron chi connectivity index (χ4n) is 3.15. The summed E-state index contributed by atoms with van der Waals surface area (Å²) in [5.41, 5.74) is 8.40. The van der Waals surface area contributed by atoms with Crippen LogP contribution in [0.4, 0.5) is 0 Å². The third-order valence-electron chi connectivity index (χ3n) is 4.01. The van der Waals surface area contributed by atoms with E-state index in [0.717, 1.165) is 19.5 Å². The number of rotatable bonds is 3. The summed E-state index contributed by atoms with van der Waals surface area (Å²) in [6.45, 7) is 6.72. The molecule has 2 N–H and O–H groups in total. The largest absolute Gasteiger partial charge is 0.326 e. The first-order valence-corrected chi connectivity index (χ1v) is 7.61. The van der Waals surface area contributed by atoms with E-state index in [2.05, 4.69) is 36.9 Å². The summed E-state index contributed by atoms with van der Waals surface area (Å²) in [7, 11) is 0. The molecule has 0 amide bonds. The molecule has 1 heterocycles. The van der Waals surface area contributed by atoms with E-state index in [-0.39, 0.29) is 12.1 Å². The van der Waals surface area contributed by atoms with Gasteiger partial charge in [-0.2, -0.15) is 5.26 Å². The van der Waals surface area contributed by atoms with Gasteiger partial charge in [-0.3, -0.25) is 4.90 Å². The van der Waals surface area contributed by atoms with Gasteiger partial charge in [0.15, 0.2) is 0 Å². The molecule has 0 spiro atoms. The van der Waals surface area contributed by atoms with Crippen LogP contribution < -0.4 is 5.73 Å². The van der Waals surface area contributed by atoms with E-state index < -0.39 is 0 Å². The van der Waals surface area contributed by atoms with E-state index in [1.807, 2.05) is 12.1 Å². The summed E-state index contributed by atoms with van der Waals surface area (Å²) in [6, 6.07) is 10.6. The summed E-state index contributed by atoms with van der Waals surface area (Å²) < 4.78 is 0. The van der Waals surface area contributed by atoms with E-state index in [4.69, 9.17) is 11.0 Å². The molecule has 2 atom stereocenters. The normalized spacial score (nSPS) is 24.4. The summed E-state index contributed by atoms with van der Waals surface area (Å²) in [6.07, 6.45) is 3.52. The van der Waals surface area contributed by atoms with Gasteiger partial charge in [0, 0.05) is 18.6 Å². The molecule has 0 bridgehead atoms. The predicted octanol–water partition coefficient (Wildman–Crippen LogP) is 3.07. The molecule has 1 aliphatic rings. The first kappa shape index (κ1) is 15.0. The molecule has 3 nitrogen and oxygen atoms in total. The Morgan fingerprint density at radius 2 is 2.00 bits per heavy atom. The lowest BCUT2D eigenvalue weighted by molar-refractivity contribution is 0.165. The van der Waals surface area contributed by atoms with Gasteiger partial charge in [-0.25, -0.2) is 0 Å². The Morgan fingerprint density at radius 1 is 1.30 bits per heavy atom. The molecule has 1 fully saturated rings. The molecule has 0 saturated carbocycles. The second kappa shape index (κ2) is 6.88. The van der Waals surface area contributed by atoms with Crippen molar-refractivity contribution in [2.45, 2.75) is 45.2 Å². The molecule has 1 aromatic rings. The van der Waals surface area contributed by atoms with Crippen molar-refractivity contribution >= 4 is 0 Å². The van der Waals surface area contributed by atoms with E-state index >= 15 is 0 Å². The SMILES string of the molecule is CC(C)CN1CCCCC(N)C1c1ccc(C#N)cc1. The Bertz CT molecular complexity index is 458. The lowest BCUT2D eigenvalue weighted by Crippen LogP contribution is -2.41. The van der Waals surface area contributed by atoms with Crippen LogP contribution in [0.15, 0.2) is 24.3 Å². The average Bonchev–Trinajstić information content (AvgIpc) is 2.60. The number of hydrogen-bond donors (Lipinski definition) is 1. The number of nitrogens with two attached hydrogens (primary N) is 1. The summed E-state index contributed by atoms with van der Waals surface area (Å²) in [5, 5.41) is 8.92. The molecule has 2 unspecified atom stereocenters. The Morgan fingerprint density at radius 3 is 2.60 bits per heavy atom. The highest BCUT2D eigenvalue weighted by Gasteiger charge is 2.28. The lowest BCUT2D eigenvalue weighted by atomic mass is 9.95. The first-order valence-electron chi connectivity index (χ1n) is 7.61. The molecule has 0 aromatic heterocycles. The lowest BCUT2D eigenvalue weighted by Gasteiger charge is -2.35. The molecule has 3 heteroatoms. The van der Waals surface area contributed by atoms with Gasteiger partial charge in [0.25, 0.3) is 0 Å². The van der Waals surface area contributed by atoms with Crippen molar-refractivity contribution in [3.63, 3.8) is 0 Å². The number of nitriles is 1. The first-order chi connectivity index (χ1) is 9.61. The summed E-state index contributed by atoms with van der Waals surface area (Å²) in [5.74, 6) is 0.640. The van der Waals surface area contributed by atoms with Crippen LogP contribution >= 0.6 is 0 Å². The van der Waals surface area contributed by atoms with Crippen LogP contribution in [0.25, 0.3) is 0 Å². The van der Waals surface area contributed by atoms with Crippen LogP contribution in [0.1, 0.15) is 50.3 Å². The summed E-state index contributed by atoms with van der Waals surface area (Å²) in [4.78, 5) is 2.53. The van der Waals surface area contributed by atoms with Gasteiger partial charge in [-0.05, 0) is 43.0 Å². The minimum absolute atomic E-state index is 0.184. The van der Waals surface area contributed by atoms with Gasteiger partial charge >= 0.3 is 0 Å². The minimum Gasteiger partial charge on any atom is -0.326 e. The predicted molar refractivity (Wildman–Crippen MR) is 82.1 cm³/mol. The van der Waals surface area contributed by atoms with Gasteiger partial charge in [0.2, 0.25) is 0 Å². The molecule has 20 heavy (non-hydrogen) atoms. The average molecular weight is 271 g/mol. The van der Waals surface area contributed by atoms with Crippen molar-refractivity contribution in [2.24, 2.45) is 11.7 Å². The van der Waals surface area contributed by atoms with E-state index in [1.165, 1.54) is 18.4 Å². The van der Waals surface area contributed by atoms with Crippen LogP contribution in [0.2, 0.25) is 0 Å². The van der Waals surface area contributed by atoms with Crippen molar-refractivity contribution < 1.29 is 0 Å². The minimum atomic E-state index is 0.184. The quantitative estimate of drug-likeness (QED) is 0.919. The summed E-state index contributed by atoms with van der Waals surface area (Å²) >= 11 is 0. The number of benzene rings is 1. The Balaban J connectivity index is 2.27. The second-order valence-corrected chi connectivity index (χ2v) is 6.23. The smallest absolute Gasteiger partial charge is 0.0991 e. The van der Waals surface area contributed by atoms with Crippen LogP contribution in [0, 0.1) is 17.2 Å². The molecular formula is C17H25N3. The maximum Gasteiger partial charge on any atom is 0.0991 e.